The molecule has 0 amide bonds. The summed E-state index contributed by atoms with van der Waals surface area (Å²) in [5, 5.41) is 0. The molecule has 0 aromatic heterocycles. The fraction of sp³-hybridized carbons (Fsp3) is 0.188. The molecule has 0 aliphatic heterocycles. The molecular formula is C16H15BrFNO. The van der Waals surface area contributed by atoms with Crippen molar-refractivity contribution in [3.8, 4) is 0 Å². The lowest BCUT2D eigenvalue weighted by Gasteiger charge is -2.24. The van der Waals surface area contributed by atoms with Crippen LogP contribution < -0.4 is 5.73 Å². The second-order valence-electron chi connectivity index (χ2n) is 5.20. The lowest BCUT2D eigenvalue weighted by molar-refractivity contribution is 0.0904. The molecule has 0 bridgehead atoms. The first-order valence-electron chi connectivity index (χ1n) is 6.18. The third-order valence-electron chi connectivity index (χ3n) is 3.37. The molecule has 0 heterocycles. The molecule has 0 radical (unpaired) electrons. The molecular weight excluding hydrogens is 321 g/mol. The van der Waals surface area contributed by atoms with Gasteiger partial charge in [-0.05, 0) is 49.7 Å². The number of nitrogen functional groups attached to an aromatic ring is 1. The van der Waals surface area contributed by atoms with E-state index in [0.29, 0.717) is 10.2 Å². The van der Waals surface area contributed by atoms with Crippen LogP contribution in [0.15, 0.2) is 46.9 Å². The molecule has 0 atom stereocenters. The van der Waals surface area contributed by atoms with E-state index in [1.54, 1.807) is 44.2 Å². The molecule has 20 heavy (non-hydrogen) atoms. The summed E-state index contributed by atoms with van der Waals surface area (Å²) in [6.07, 6.45) is 0. The van der Waals surface area contributed by atoms with Gasteiger partial charge in [-0.25, -0.2) is 4.39 Å². The Bertz CT molecular complexity index is 650. The molecule has 0 saturated carbocycles. The van der Waals surface area contributed by atoms with Crippen molar-refractivity contribution in [3.05, 3.63) is 63.9 Å². The van der Waals surface area contributed by atoms with E-state index in [0.717, 1.165) is 5.56 Å². The van der Waals surface area contributed by atoms with Gasteiger partial charge in [0.05, 0.1) is 11.0 Å². The second-order valence-corrected chi connectivity index (χ2v) is 6.12. The van der Waals surface area contributed by atoms with Gasteiger partial charge in [-0.3, -0.25) is 4.79 Å². The van der Waals surface area contributed by atoms with E-state index in [4.69, 9.17) is 5.73 Å². The van der Waals surface area contributed by atoms with Crippen LogP contribution in [0.3, 0.4) is 0 Å². The second kappa shape index (κ2) is 5.37. The van der Waals surface area contributed by atoms with Crippen molar-refractivity contribution < 1.29 is 9.18 Å². The SMILES string of the molecule is CC(C)(C(=O)c1cc(Br)ccc1F)c1ccc(N)cc1. The normalized spacial score (nSPS) is 11.4. The summed E-state index contributed by atoms with van der Waals surface area (Å²) in [4.78, 5) is 12.6. The minimum atomic E-state index is -0.824. The Kier molecular flexibility index (Phi) is 3.95. The topological polar surface area (TPSA) is 43.1 Å². The Morgan fingerprint density at radius 1 is 1.15 bits per heavy atom. The summed E-state index contributed by atoms with van der Waals surface area (Å²) in [6, 6.07) is 11.4. The Morgan fingerprint density at radius 3 is 2.35 bits per heavy atom. The minimum Gasteiger partial charge on any atom is -0.399 e. The number of hydrogen-bond acceptors (Lipinski definition) is 2. The van der Waals surface area contributed by atoms with Crippen LogP contribution in [0.4, 0.5) is 10.1 Å². The van der Waals surface area contributed by atoms with Crippen molar-refractivity contribution in [2.75, 3.05) is 5.73 Å². The molecule has 0 aliphatic carbocycles. The average molecular weight is 336 g/mol. The predicted molar refractivity (Wildman–Crippen MR) is 82.3 cm³/mol. The van der Waals surface area contributed by atoms with E-state index in [-0.39, 0.29) is 11.3 Å². The van der Waals surface area contributed by atoms with Crippen LogP contribution in [0.2, 0.25) is 0 Å². The summed E-state index contributed by atoms with van der Waals surface area (Å²) < 4.78 is 14.5. The van der Waals surface area contributed by atoms with Crippen LogP contribution in [-0.4, -0.2) is 5.78 Å². The van der Waals surface area contributed by atoms with Crippen LogP contribution in [0.25, 0.3) is 0 Å². The Labute approximate surface area is 125 Å². The van der Waals surface area contributed by atoms with Crippen LogP contribution in [0.5, 0.6) is 0 Å². The Morgan fingerprint density at radius 2 is 1.75 bits per heavy atom. The Balaban J connectivity index is 2.45. The Hall–Kier alpha value is -1.68. The highest BCUT2D eigenvalue weighted by Crippen LogP contribution is 2.30. The zero-order valence-corrected chi connectivity index (χ0v) is 12.9. The molecule has 0 saturated heterocycles. The summed E-state index contributed by atoms with van der Waals surface area (Å²) in [5.41, 5.74) is 6.34. The van der Waals surface area contributed by atoms with Crippen LogP contribution in [0, 0.1) is 5.82 Å². The molecule has 104 valence electrons. The number of hydrogen-bond donors (Lipinski definition) is 1. The lowest BCUT2D eigenvalue weighted by atomic mass is 9.78. The van der Waals surface area contributed by atoms with Crippen molar-refractivity contribution in [2.45, 2.75) is 19.3 Å². The first-order valence-corrected chi connectivity index (χ1v) is 6.97. The van der Waals surface area contributed by atoms with Crippen LogP contribution in [-0.2, 0) is 5.41 Å². The third kappa shape index (κ3) is 2.75. The summed E-state index contributed by atoms with van der Waals surface area (Å²) >= 11 is 3.26. The van der Waals surface area contributed by atoms with Crippen molar-refractivity contribution in [3.63, 3.8) is 0 Å². The molecule has 2 rings (SSSR count). The van der Waals surface area contributed by atoms with Gasteiger partial charge in [-0.15, -0.1) is 0 Å². The van der Waals surface area contributed by atoms with E-state index in [1.165, 1.54) is 12.1 Å². The van der Waals surface area contributed by atoms with Crippen molar-refractivity contribution in [1.29, 1.82) is 0 Å². The summed E-state index contributed by atoms with van der Waals surface area (Å²) in [7, 11) is 0. The maximum Gasteiger partial charge on any atom is 0.175 e. The molecule has 4 heteroatoms. The van der Waals surface area contributed by atoms with Gasteiger partial charge in [-0.2, -0.15) is 0 Å². The van der Waals surface area contributed by atoms with Gasteiger partial charge in [0.25, 0.3) is 0 Å². The largest absolute Gasteiger partial charge is 0.399 e. The molecule has 2 aromatic rings. The maximum absolute atomic E-state index is 13.9. The van der Waals surface area contributed by atoms with Gasteiger partial charge >= 0.3 is 0 Å². The molecule has 0 aliphatic rings. The molecule has 0 fully saturated rings. The van der Waals surface area contributed by atoms with Gasteiger partial charge in [0, 0.05) is 10.2 Å². The molecule has 2 N–H and O–H groups in total. The summed E-state index contributed by atoms with van der Waals surface area (Å²) in [6.45, 7) is 3.56. The van der Waals surface area contributed by atoms with Gasteiger partial charge in [0.1, 0.15) is 5.82 Å². The molecule has 2 nitrogen and oxygen atoms in total. The number of nitrogens with two attached hydrogens (primary N) is 1. The standard InChI is InChI=1S/C16H15BrFNO/c1-16(2,10-3-6-12(19)7-4-10)15(20)13-9-11(17)5-8-14(13)18/h3-9H,19H2,1-2H3. The van der Waals surface area contributed by atoms with Gasteiger partial charge in [-0.1, -0.05) is 28.1 Å². The number of Topliss-reactive ketones (excluding diaryl/α,β-unsaturated/α-hetero) is 1. The quantitative estimate of drug-likeness (QED) is 0.670. The number of rotatable bonds is 3. The number of carbonyl (C=O) groups excluding carboxylic acids is 1. The maximum atomic E-state index is 13.9. The fourth-order valence-corrected chi connectivity index (χ4v) is 2.40. The molecule has 2 aromatic carbocycles. The van der Waals surface area contributed by atoms with Crippen molar-refractivity contribution >= 4 is 27.4 Å². The van der Waals surface area contributed by atoms with E-state index < -0.39 is 11.2 Å². The third-order valence-corrected chi connectivity index (χ3v) is 3.87. The van der Waals surface area contributed by atoms with Gasteiger partial charge in [0.2, 0.25) is 0 Å². The zero-order valence-electron chi connectivity index (χ0n) is 11.3. The number of anilines is 1. The highest BCUT2D eigenvalue weighted by Gasteiger charge is 2.32. The number of benzene rings is 2. The first-order chi connectivity index (χ1) is 9.32. The average Bonchev–Trinajstić information content (AvgIpc) is 2.41. The minimum absolute atomic E-state index is 0.0844. The zero-order chi connectivity index (χ0) is 14.9. The number of carbonyl (C=O) groups is 1. The number of halogens is 2. The van der Waals surface area contributed by atoms with Crippen LogP contribution >= 0.6 is 15.9 Å². The predicted octanol–water partition coefficient (Wildman–Crippen LogP) is 4.33. The molecule has 0 spiro atoms. The number of ketones is 1. The monoisotopic (exact) mass is 335 g/mol. The van der Waals surface area contributed by atoms with E-state index in [2.05, 4.69) is 15.9 Å². The van der Waals surface area contributed by atoms with Crippen LogP contribution in [0.1, 0.15) is 29.8 Å². The molecule has 0 unspecified atom stereocenters. The van der Waals surface area contributed by atoms with E-state index >= 15 is 0 Å². The summed E-state index contributed by atoms with van der Waals surface area (Å²) in [5.74, 6) is -0.775. The van der Waals surface area contributed by atoms with Crippen molar-refractivity contribution in [2.24, 2.45) is 0 Å². The smallest absolute Gasteiger partial charge is 0.175 e. The van der Waals surface area contributed by atoms with Gasteiger partial charge < -0.3 is 5.73 Å². The van der Waals surface area contributed by atoms with E-state index in [9.17, 15) is 9.18 Å². The lowest BCUT2D eigenvalue weighted by Crippen LogP contribution is -2.29. The van der Waals surface area contributed by atoms with Gasteiger partial charge in [0.15, 0.2) is 5.78 Å². The van der Waals surface area contributed by atoms with E-state index in [1.807, 2.05) is 0 Å². The first kappa shape index (κ1) is 14.7. The fourth-order valence-electron chi connectivity index (χ4n) is 2.04. The van der Waals surface area contributed by atoms with Crippen molar-refractivity contribution in [1.82, 2.24) is 0 Å². The highest BCUT2D eigenvalue weighted by molar-refractivity contribution is 9.10. The highest BCUT2D eigenvalue weighted by atomic mass is 79.9.